The van der Waals surface area contributed by atoms with Crippen LogP contribution in [0.2, 0.25) is 10.0 Å². The van der Waals surface area contributed by atoms with Crippen LogP contribution in [-0.2, 0) is 14.8 Å². The highest BCUT2D eigenvalue weighted by Crippen LogP contribution is 2.24. The van der Waals surface area contributed by atoms with Gasteiger partial charge in [0.15, 0.2) is 0 Å². The minimum absolute atomic E-state index is 0.0245. The summed E-state index contributed by atoms with van der Waals surface area (Å²) in [7, 11) is -3.24. The Morgan fingerprint density at radius 1 is 1.25 bits per heavy atom. The van der Waals surface area contributed by atoms with Crippen molar-refractivity contribution in [3.63, 3.8) is 0 Å². The molecule has 1 heterocycles. The maximum absolute atomic E-state index is 12.2. The van der Waals surface area contributed by atoms with Gasteiger partial charge in [-0.2, -0.15) is 0 Å². The van der Waals surface area contributed by atoms with Crippen LogP contribution in [0.5, 0.6) is 0 Å². The van der Waals surface area contributed by atoms with Crippen molar-refractivity contribution in [2.75, 3.05) is 24.2 Å². The fraction of sp³-hybridized carbons (Fsp3) is 0.588. The van der Waals surface area contributed by atoms with Crippen LogP contribution in [0, 0.1) is 0 Å². The monoisotopic (exact) mass is 453 g/mol. The number of ether oxygens (including phenoxy) is 1. The van der Waals surface area contributed by atoms with Gasteiger partial charge in [-0.25, -0.2) is 17.9 Å². The van der Waals surface area contributed by atoms with Crippen LogP contribution < -0.4 is 15.4 Å². The van der Waals surface area contributed by atoms with Crippen molar-refractivity contribution in [2.24, 2.45) is 0 Å². The molecule has 1 fully saturated rings. The average molecular weight is 454 g/mol. The molecule has 2 rings (SSSR count). The van der Waals surface area contributed by atoms with Gasteiger partial charge >= 0.3 is 6.03 Å². The van der Waals surface area contributed by atoms with Gasteiger partial charge in [0.05, 0.1) is 24.5 Å². The lowest BCUT2D eigenvalue weighted by Gasteiger charge is -2.36. The first-order chi connectivity index (χ1) is 13.2. The molecule has 0 unspecified atom stereocenters. The molecule has 1 aromatic carbocycles. The summed E-state index contributed by atoms with van der Waals surface area (Å²) in [6.07, 6.45) is 0.966. The zero-order valence-electron chi connectivity index (χ0n) is 15.5. The van der Waals surface area contributed by atoms with Crippen molar-refractivity contribution < 1.29 is 23.1 Å². The maximum atomic E-state index is 12.2. The summed E-state index contributed by atoms with van der Waals surface area (Å²) >= 11 is 11.8. The number of urea groups is 1. The molecule has 11 heteroatoms. The molecule has 0 spiro atoms. The average Bonchev–Trinajstić information content (AvgIpc) is 2.61. The molecule has 3 atom stereocenters. The molecule has 1 aliphatic heterocycles. The lowest BCUT2D eigenvalue weighted by molar-refractivity contribution is -0.0884. The summed E-state index contributed by atoms with van der Waals surface area (Å²) in [4.78, 5) is 12.2. The number of hydrogen-bond donors (Lipinski definition) is 4. The normalized spacial score (nSPS) is 22.6. The van der Waals surface area contributed by atoms with Gasteiger partial charge in [-0.15, -0.1) is 0 Å². The van der Waals surface area contributed by atoms with Gasteiger partial charge in [0, 0.05) is 22.3 Å². The summed E-state index contributed by atoms with van der Waals surface area (Å²) < 4.78 is 31.2. The third-order valence-electron chi connectivity index (χ3n) is 4.40. The summed E-state index contributed by atoms with van der Waals surface area (Å²) in [5.41, 5.74) is 0.452. The van der Waals surface area contributed by atoms with E-state index in [1.165, 1.54) is 0 Å². The highest BCUT2D eigenvalue weighted by molar-refractivity contribution is 7.89. The molecular formula is C17H25Cl2N3O5S. The number of nitrogens with one attached hydrogen (secondary N) is 3. The van der Waals surface area contributed by atoms with E-state index in [1.807, 2.05) is 0 Å². The number of hydrogen-bond acceptors (Lipinski definition) is 5. The molecule has 1 saturated heterocycles. The van der Waals surface area contributed by atoms with E-state index >= 15 is 0 Å². The van der Waals surface area contributed by atoms with Crippen LogP contribution in [0.1, 0.15) is 26.2 Å². The third-order valence-corrected chi connectivity index (χ3v) is 6.24. The van der Waals surface area contributed by atoms with Gasteiger partial charge in [-0.3, -0.25) is 0 Å². The standard InChI is InChI=1S/C17H25Cl2N3O5S/c1-2-28(25,26)20-6-5-14-3-4-15(16(10-23)27-14)22-17(24)21-13-8-11(18)7-12(19)9-13/h7-9,14-16,20,23H,2-6,10H2,1H3,(H2,21,22,24)/t14-,15-,16+/m0/s1. The van der Waals surface area contributed by atoms with Crippen molar-refractivity contribution in [3.05, 3.63) is 28.2 Å². The number of amides is 2. The smallest absolute Gasteiger partial charge is 0.319 e. The molecule has 0 bridgehead atoms. The van der Waals surface area contributed by atoms with Crippen LogP contribution in [-0.4, -0.2) is 56.7 Å². The van der Waals surface area contributed by atoms with Gasteiger partial charge in [-0.05, 0) is 44.4 Å². The number of benzene rings is 1. The minimum Gasteiger partial charge on any atom is -0.394 e. The van der Waals surface area contributed by atoms with Gasteiger partial charge in [0.25, 0.3) is 0 Å². The summed E-state index contributed by atoms with van der Waals surface area (Å²) in [5.74, 6) is 0.0245. The summed E-state index contributed by atoms with van der Waals surface area (Å²) in [6.45, 7) is 1.58. The Bertz CT molecular complexity index is 758. The SMILES string of the molecule is CCS(=O)(=O)NCC[C@@H]1CC[C@H](NC(=O)Nc2cc(Cl)cc(Cl)c2)[C@@H](CO)O1. The summed E-state index contributed by atoms with van der Waals surface area (Å²) in [6, 6.07) is 3.87. The first-order valence-electron chi connectivity index (χ1n) is 8.99. The molecule has 158 valence electrons. The van der Waals surface area contributed by atoms with Crippen molar-refractivity contribution in [2.45, 2.75) is 44.4 Å². The molecule has 1 aromatic rings. The number of carbonyl (C=O) groups is 1. The number of carbonyl (C=O) groups excluding carboxylic acids is 1. The largest absolute Gasteiger partial charge is 0.394 e. The number of anilines is 1. The van der Waals surface area contributed by atoms with Gasteiger partial charge in [0.1, 0.15) is 6.10 Å². The molecule has 0 aromatic heterocycles. The third kappa shape index (κ3) is 7.38. The van der Waals surface area contributed by atoms with Crippen LogP contribution in [0.3, 0.4) is 0 Å². The molecule has 4 N–H and O–H groups in total. The molecule has 28 heavy (non-hydrogen) atoms. The topological polar surface area (TPSA) is 117 Å². The molecule has 1 aliphatic rings. The van der Waals surface area contributed by atoms with E-state index in [2.05, 4.69) is 15.4 Å². The Labute approximate surface area is 175 Å². The Hall–Kier alpha value is -1.10. The quantitative estimate of drug-likeness (QED) is 0.481. The molecule has 0 radical (unpaired) electrons. The van der Waals surface area contributed by atoms with Gasteiger partial charge in [0.2, 0.25) is 10.0 Å². The number of sulfonamides is 1. The predicted octanol–water partition coefficient (Wildman–Crippen LogP) is 2.35. The van der Waals surface area contributed by atoms with Crippen molar-refractivity contribution in [1.29, 1.82) is 0 Å². The fourth-order valence-electron chi connectivity index (χ4n) is 2.95. The molecular weight excluding hydrogens is 429 g/mol. The first-order valence-corrected chi connectivity index (χ1v) is 11.4. The second-order valence-corrected chi connectivity index (χ2v) is 9.47. The Morgan fingerprint density at radius 3 is 2.54 bits per heavy atom. The van der Waals surface area contributed by atoms with Crippen LogP contribution in [0.15, 0.2) is 18.2 Å². The highest BCUT2D eigenvalue weighted by Gasteiger charge is 2.31. The van der Waals surface area contributed by atoms with E-state index in [9.17, 15) is 18.3 Å². The lowest BCUT2D eigenvalue weighted by atomic mass is 9.97. The van der Waals surface area contributed by atoms with Crippen LogP contribution in [0.25, 0.3) is 0 Å². The molecule has 8 nitrogen and oxygen atoms in total. The van der Waals surface area contributed by atoms with E-state index in [0.717, 1.165) is 0 Å². The van der Waals surface area contributed by atoms with Crippen LogP contribution >= 0.6 is 23.2 Å². The number of rotatable bonds is 8. The Kier molecular flexibility index (Phi) is 8.79. The van der Waals surface area contributed by atoms with Crippen LogP contribution in [0.4, 0.5) is 10.5 Å². The van der Waals surface area contributed by atoms with Gasteiger partial charge < -0.3 is 20.5 Å². The number of aliphatic hydroxyl groups is 1. The zero-order valence-corrected chi connectivity index (χ0v) is 17.8. The maximum Gasteiger partial charge on any atom is 0.319 e. The second-order valence-electron chi connectivity index (χ2n) is 6.51. The second kappa shape index (κ2) is 10.6. The Morgan fingerprint density at radius 2 is 1.93 bits per heavy atom. The zero-order chi connectivity index (χ0) is 20.7. The lowest BCUT2D eigenvalue weighted by Crippen LogP contribution is -2.52. The van der Waals surface area contributed by atoms with Crippen molar-refractivity contribution in [1.82, 2.24) is 10.0 Å². The minimum atomic E-state index is -3.24. The Balaban J connectivity index is 1.83. The fourth-order valence-corrected chi connectivity index (χ4v) is 4.11. The highest BCUT2D eigenvalue weighted by atomic mass is 35.5. The van der Waals surface area contributed by atoms with E-state index in [1.54, 1.807) is 25.1 Å². The van der Waals surface area contributed by atoms with Crippen molar-refractivity contribution in [3.8, 4) is 0 Å². The van der Waals surface area contributed by atoms with E-state index < -0.39 is 22.2 Å². The predicted molar refractivity (Wildman–Crippen MR) is 109 cm³/mol. The van der Waals surface area contributed by atoms with E-state index in [0.29, 0.717) is 35.0 Å². The van der Waals surface area contributed by atoms with E-state index in [4.69, 9.17) is 27.9 Å². The summed E-state index contributed by atoms with van der Waals surface area (Å²) in [5, 5.41) is 15.8. The number of aliphatic hydroxyl groups excluding tert-OH is 1. The van der Waals surface area contributed by atoms with Crippen molar-refractivity contribution >= 4 is 44.9 Å². The molecule has 0 aliphatic carbocycles. The molecule has 2 amide bonds. The van der Waals surface area contributed by atoms with E-state index in [-0.39, 0.29) is 31.1 Å². The first kappa shape index (κ1) is 23.2. The number of halogens is 2. The van der Waals surface area contributed by atoms with Gasteiger partial charge in [-0.1, -0.05) is 23.2 Å². The molecule has 0 saturated carbocycles.